The Morgan fingerprint density at radius 1 is 1.00 bits per heavy atom. The molecule has 0 aliphatic carbocycles. The second-order valence-corrected chi connectivity index (χ2v) is 2.01. The third-order valence-corrected chi connectivity index (χ3v) is 0.877. The van der Waals surface area contributed by atoms with Crippen LogP contribution < -0.4 is 6.15 Å². The minimum Gasteiger partial charge on any atom is -0.481 e. The SMILES string of the molecule is N.O=C(O)CCC(=O)OOCC(=O)O. The van der Waals surface area contributed by atoms with Gasteiger partial charge >= 0.3 is 17.9 Å². The van der Waals surface area contributed by atoms with Crippen molar-refractivity contribution in [2.24, 2.45) is 0 Å². The highest BCUT2D eigenvalue weighted by Crippen LogP contribution is 1.93. The first kappa shape index (κ1) is 14.8. The Kier molecular flexibility index (Phi) is 8.43. The van der Waals surface area contributed by atoms with Gasteiger partial charge in [-0.25, -0.2) is 9.59 Å². The molecule has 0 heterocycles. The van der Waals surface area contributed by atoms with Gasteiger partial charge in [0.1, 0.15) is 0 Å². The third-order valence-electron chi connectivity index (χ3n) is 0.877. The molecule has 0 aromatic carbocycles. The first-order valence-electron chi connectivity index (χ1n) is 3.28. The molecular formula is C6H11NO7. The molecule has 0 bridgehead atoms. The third kappa shape index (κ3) is 10.3. The number of carboxylic acids is 2. The fraction of sp³-hybridized carbons (Fsp3) is 0.500. The molecule has 0 atom stereocenters. The molecule has 0 radical (unpaired) electrons. The van der Waals surface area contributed by atoms with Crippen molar-refractivity contribution in [2.75, 3.05) is 6.61 Å². The molecular weight excluding hydrogens is 198 g/mol. The van der Waals surface area contributed by atoms with Crippen molar-refractivity contribution in [2.45, 2.75) is 12.8 Å². The molecule has 0 aliphatic heterocycles. The zero-order valence-electron chi connectivity index (χ0n) is 7.26. The summed E-state index contributed by atoms with van der Waals surface area (Å²) < 4.78 is 0. The van der Waals surface area contributed by atoms with E-state index in [9.17, 15) is 14.4 Å². The van der Waals surface area contributed by atoms with Crippen LogP contribution in [0.15, 0.2) is 0 Å². The molecule has 0 unspecified atom stereocenters. The zero-order valence-corrected chi connectivity index (χ0v) is 7.26. The molecule has 8 nitrogen and oxygen atoms in total. The number of hydrogen-bond acceptors (Lipinski definition) is 6. The molecule has 0 fully saturated rings. The van der Waals surface area contributed by atoms with Crippen LogP contribution in [-0.2, 0) is 24.2 Å². The van der Waals surface area contributed by atoms with Gasteiger partial charge in [0.25, 0.3) is 0 Å². The zero-order chi connectivity index (χ0) is 10.3. The fourth-order valence-electron chi connectivity index (χ4n) is 0.396. The molecule has 5 N–H and O–H groups in total. The van der Waals surface area contributed by atoms with E-state index in [2.05, 4.69) is 9.78 Å². The average molecular weight is 209 g/mol. The van der Waals surface area contributed by atoms with Crippen molar-refractivity contribution >= 4 is 17.9 Å². The lowest BCUT2D eigenvalue weighted by Crippen LogP contribution is -2.12. The van der Waals surface area contributed by atoms with Crippen molar-refractivity contribution in [3.05, 3.63) is 0 Å². The Hall–Kier alpha value is -1.67. The van der Waals surface area contributed by atoms with Crippen molar-refractivity contribution in [3.63, 3.8) is 0 Å². The van der Waals surface area contributed by atoms with Crippen LogP contribution in [0.4, 0.5) is 0 Å². The quantitative estimate of drug-likeness (QED) is 0.394. The van der Waals surface area contributed by atoms with Crippen molar-refractivity contribution in [3.8, 4) is 0 Å². The summed E-state index contributed by atoms with van der Waals surface area (Å²) in [5.74, 6) is -3.34. The summed E-state index contributed by atoms with van der Waals surface area (Å²) >= 11 is 0. The molecule has 0 aromatic heterocycles. The predicted molar refractivity (Wildman–Crippen MR) is 41.6 cm³/mol. The maximum absolute atomic E-state index is 10.5. The normalized spacial score (nSPS) is 8.57. The summed E-state index contributed by atoms with van der Waals surface area (Å²) in [6, 6.07) is 0. The van der Waals surface area contributed by atoms with Gasteiger partial charge in [0.15, 0.2) is 6.61 Å². The highest BCUT2D eigenvalue weighted by atomic mass is 17.2. The van der Waals surface area contributed by atoms with Gasteiger partial charge in [-0.3, -0.25) is 9.68 Å². The monoisotopic (exact) mass is 209 g/mol. The van der Waals surface area contributed by atoms with Crippen molar-refractivity contribution < 1.29 is 34.4 Å². The molecule has 0 amide bonds. The Morgan fingerprint density at radius 3 is 2.00 bits per heavy atom. The van der Waals surface area contributed by atoms with E-state index in [-0.39, 0.29) is 19.0 Å². The Bertz CT molecular complexity index is 214. The van der Waals surface area contributed by atoms with Crippen LogP contribution in [0.3, 0.4) is 0 Å². The van der Waals surface area contributed by atoms with Gasteiger partial charge in [-0.2, -0.15) is 4.89 Å². The van der Waals surface area contributed by atoms with Crippen LogP contribution in [0.1, 0.15) is 12.8 Å². The van der Waals surface area contributed by atoms with Crippen LogP contribution >= 0.6 is 0 Å². The van der Waals surface area contributed by atoms with E-state index in [0.717, 1.165) is 0 Å². The van der Waals surface area contributed by atoms with Gasteiger partial charge in [0.05, 0.1) is 12.8 Å². The van der Waals surface area contributed by atoms with Gasteiger partial charge in [0, 0.05) is 0 Å². The van der Waals surface area contributed by atoms with E-state index in [1.165, 1.54) is 0 Å². The number of carbonyl (C=O) groups excluding carboxylic acids is 1. The van der Waals surface area contributed by atoms with Crippen LogP contribution in [0.25, 0.3) is 0 Å². The Labute approximate surface area is 78.9 Å². The Morgan fingerprint density at radius 2 is 1.57 bits per heavy atom. The van der Waals surface area contributed by atoms with E-state index in [0.29, 0.717) is 0 Å². The minimum absolute atomic E-state index is 0. The van der Waals surface area contributed by atoms with Gasteiger partial charge in [-0.1, -0.05) is 0 Å². The second kappa shape index (κ2) is 7.95. The standard InChI is InChI=1S/C6H8O7.H3N/c7-4(8)1-2-6(11)13-12-3-5(9)10;/h1-3H2,(H,7,8)(H,9,10);1H3. The van der Waals surface area contributed by atoms with E-state index < -0.39 is 24.5 Å². The predicted octanol–water partition coefficient (Wildman–Crippen LogP) is -0.427. The van der Waals surface area contributed by atoms with E-state index in [1.54, 1.807) is 0 Å². The molecule has 0 saturated heterocycles. The van der Waals surface area contributed by atoms with Gasteiger partial charge in [0.2, 0.25) is 0 Å². The van der Waals surface area contributed by atoms with Gasteiger partial charge in [-0.05, 0) is 0 Å². The molecule has 8 heteroatoms. The molecule has 0 aromatic rings. The maximum atomic E-state index is 10.5. The van der Waals surface area contributed by atoms with Gasteiger partial charge < -0.3 is 16.4 Å². The summed E-state index contributed by atoms with van der Waals surface area (Å²) in [7, 11) is 0. The van der Waals surface area contributed by atoms with E-state index in [1.807, 2.05) is 0 Å². The van der Waals surface area contributed by atoms with Crippen LogP contribution in [0, 0.1) is 0 Å². The molecule has 0 saturated carbocycles. The Balaban J connectivity index is 0. The fourth-order valence-corrected chi connectivity index (χ4v) is 0.396. The maximum Gasteiger partial charge on any atom is 0.342 e. The lowest BCUT2D eigenvalue weighted by molar-refractivity contribution is -0.271. The smallest absolute Gasteiger partial charge is 0.342 e. The summed E-state index contributed by atoms with van der Waals surface area (Å²) in [5.41, 5.74) is 0. The first-order chi connectivity index (χ1) is 6.02. The van der Waals surface area contributed by atoms with Gasteiger partial charge in [-0.15, -0.1) is 0 Å². The summed E-state index contributed by atoms with van der Waals surface area (Å²) in [6.07, 6.45) is -0.732. The van der Waals surface area contributed by atoms with E-state index in [4.69, 9.17) is 10.2 Å². The van der Waals surface area contributed by atoms with Crippen LogP contribution in [0.2, 0.25) is 0 Å². The highest BCUT2D eigenvalue weighted by molar-refractivity contribution is 5.76. The lowest BCUT2D eigenvalue weighted by atomic mass is 10.3. The van der Waals surface area contributed by atoms with Crippen molar-refractivity contribution in [1.29, 1.82) is 0 Å². The topological polar surface area (TPSA) is 145 Å². The number of rotatable bonds is 6. The highest BCUT2D eigenvalue weighted by Gasteiger charge is 2.08. The number of hydrogen-bond donors (Lipinski definition) is 3. The summed E-state index contributed by atoms with van der Waals surface area (Å²) in [6.45, 7) is -0.765. The summed E-state index contributed by atoms with van der Waals surface area (Å²) in [5, 5.41) is 16.2. The van der Waals surface area contributed by atoms with Crippen LogP contribution in [0.5, 0.6) is 0 Å². The minimum atomic E-state index is -1.29. The largest absolute Gasteiger partial charge is 0.481 e. The number of carbonyl (C=O) groups is 3. The number of aliphatic carboxylic acids is 2. The molecule has 82 valence electrons. The number of carboxylic acid groups (broad SMARTS) is 2. The molecule has 0 rings (SSSR count). The van der Waals surface area contributed by atoms with E-state index >= 15 is 0 Å². The lowest BCUT2D eigenvalue weighted by Gasteiger charge is -1.99. The van der Waals surface area contributed by atoms with Crippen LogP contribution in [-0.4, -0.2) is 34.7 Å². The second-order valence-electron chi connectivity index (χ2n) is 2.01. The molecule has 0 aliphatic rings. The van der Waals surface area contributed by atoms with Crippen molar-refractivity contribution in [1.82, 2.24) is 6.15 Å². The average Bonchev–Trinajstić information content (AvgIpc) is 2.00. The summed E-state index contributed by atoms with van der Waals surface area (Å²) in [4.78, 5) is 38.2. The molecule has 14 heavy (non-hydrogen) atoms. The molecule has 0 spiro atoms. The first-order valence-corrected chi connectivity index (χ1v) is 3.28.